The maximum Gasteiger partial charge on any atom is 0.407 e. The molecular formula is C24H20ClN5O4. The highest BCUT2D eigenvalue weighted by atomic mass is 35.5. The molecule has 5 rings (SSSR count). The Balaban J connectivity index is 1.32. The van der Waals surface area contributed by atoms with E-state index in [4.69, 9.17) is 21.1 Å². The van der Waals surface area contributed by atoms with Gasteiger partial charge in [-0.15, -0.1) is 0 Å². The summed E-state index contributed by atoms with van der Waals surface area (Å²) in [6, 6.07) is 14.8. The number of carbonyl (C=O) groups is 1. The standard InChI is InChI=1S/C24H20ClN5O4/c25-20-4-2-1-3-17(20)19-14-34-22-18(21(19)31)13-26-23(28-22)27-15-5-7-16(8-6-15)29-9-11-30(12-10-29)24(32)33/h1-8,13-14H,9-12H2,(H,32,33)(H,26,27,28). The Hall–Kier alpha value is -4.11. The van der Waals surface area contributed by atoms with Gasteiger partial charge in [-0.1, -0.05) is 29.8 Å². The van der Waals surface area contributed by atoms with Crippen molar-refractivity contribution in [1.82, 2.24) is 14.9 Å². The highest BCUT2D eigenvalue weighted by Crippen LogP contribution is 2.27. The van der Waals surface area contributed by atoms with E-state index in [1.54, 1.807) is 24.3 Å². The topological polar surface area (TPSA) is 112 Å². The number of fused-ring (bicyclic) bond motifs is 1. The van der Waals surface area contributed by atoms with Crippen LogP contribution in [-0.2, 0) is 0 Å². The van der Waals surface area contributed by atoms with Crippen LogP contribution in [0.3, 0.4) is 0 Å². The van der Waals surface area contributed by atoms with E-state index in [9.17, 15) is 9.59 Å². The number of piperazine rings is 1. The second kappa shape index (κ2) is 9.03. The van der Waals surface area contributed by atoms with E-state index in [1.165, 1.54) is 17.4 Å². The molecule has 0 aliphatic carbocycles. The van der Waals surface area contributed by atoms with E-state index in [1.807, 2.05) is 24.3 Å². The number of halogens is 1. The first kappa shape index (κ1) is 21.7. The average Bonchev–Trinajstić information content (AvgIpc) is 2.85. The molecule has 1 saturated heterocycles. The van der Waals surface area contributed by atoms with Crippen molar-refractivity contribution in [3.05, 3.63) is 76.2 Å². The lowest BCUT2D eigenvalue weighted by Gasteiger charge is -2.34. The lowest BCUT2D eigenvalue weighted by atomic mass is 10.1. The van der Waals surface area contributed by atoms with Gasteiger partial charge in [-0.2, -0.15) is 4.98 Å². The summed E-state index contributed by atoms with van der Waals surface area (Å²) < 4.78 is 5.63. The molecular weight excluding hydrogens is 458 g/mol. The molecule has 0 atom stereocenters. The van der Waals surface area contributed by atoms with E-state index in [-0.39, 0.29) is 16.5 Å². The third-order valence-electron chi connectivity index (χ3n) is 5.73. The van der Waals surface area contributed by atoms with Gasteiger partial charge in [0.1, 0.15) is 11.6 Å². The molecule has 1 fully saturated rings. The lowest BCUT2D eigenvalue weighted by Crippen LogP contribution is -2.48. The number of amides is 1. The molecule has 0 spiro atoms. The number of hydrogen-bond donors (Lipinski definition) is 2. The number of rotatable bonds is 4. The Labute approximate surface area is 199 Å². The third kappa shape index (κ3) is 4.25. The van der Waals surface area contributed by atoms with Crippen molar-refractivity contribution in [3.8, 4) is 11.1 Å². The molecule has 2 aromatic heterocycles. The quantitative estimate of drug-likeness (QED) is 0.443. The number of nitrogens with one attached hydrogen (secondary N) is 1. The molecule has 34 heavy (non-hydrogen) atoms. The largest absolute Gasteiger partial charge is 0.465 e. The SMILES string of the molecule is O=C(O)N1CCN(c2ccc(Nc3ncc4c(=O)c(-c5ccccc5Cl)coc4n3)cc2)CC1. The highest BCUT2D eigenvalue weighted by molar-refractivity contribution is 6.33. The molecule has 0 radical (unpaired) electrons. The maximum atomic E-state index is 12.9. The van der Waals surface area contributed by atoms with Gasteiger partial charge in [0, 0.05) is 54.3 Å². The normalized spacial score (nSPS) is 13.8. The zero-order chi connectivity index (χ0) is 23.7. The zero-order valence-corrected chi connectivity index (χ0v) is 18.7. The zero-order valence-electron chi connectivity index (χ0n) is 17.9. The van der Waals surface area contributed by atoms with Crippen molar-refractivity contribution in [2.24, 2.45) is 0 Å². The molecule has 0 bridgehead atoms. The van der Waals surface area contributed by atoms with Crippen molar-refractivity contribution in [2.45, 2.75) is 0 Å². The van der Waals surface area contributed by atoms with Crippen molar-refractivity contribution in [1.29, 1.82) is 0 Å². The molecule has 10 heteroatoms. The fourth-order valence-electron chi connectivity index (χ4n) is 3.89. The first-order valence-electron chi connectivity index (χ1n) is 10.6. The summed E-state index contributed by atoms with van der Waals surface area (Å²) in [4.78, 5) is 36.2. The van der Waals surface area contributed by atoms with Crippen LogP contribution in [0.15, 0.2) is 70.2 Å². The maximum absolute atomic E-state index is 12.9. The summed E-state index contributed by atoms with van der Waals surface area (Å²) in [6.07, 6.45) is 1.92. The van der Waals surface area contributed by atoms with E-state index in [0.717, 1.165) is 11.4 Å². The molecule has 172 valence electrons. The van der Waals surface area contributed by atoms with Gasteiger partial charge in [0.2, 0.25) is 17.1 Å². The van der Waals surface area contributed by atoms with Gasteiger partial charge < -0.3 is 24.6 Å². The van der Waals surface area contributed by atoms with Gasteiger partial charge in [0.25, 0.3) is 0 Å². The van der Waals surface area contributed by atoms with Crippen LogP contribution in [0.5, 0.6) is 0 Å². The first-order chi connectivity index (χ1) is 16.5. The van der Waals surface area contributed by atoms with Gasteiger partial charge in [0.05, 0.1) is 5.56 Å². The number of anilines is 3. The molecule has 0 saturated carbocycles. The minimum Gasteiger partial charge on any atom is -0.465 e. The van der Waals surface area contributed by atoms with Crippen LogP contribution < -0.4 is 15.6 Å². The second-order valence-electron chi connectivity index (χ2n) is 7.80. The molecule has 1 amide bonds. The molecule has 2 N–H and O–H groups in total. The molecule has 0 unspecified atom stereocenters. The summed E-state index contributed by atoms with van der Waals surface area (Å²) in [5.74, 6) is 0.295. The van der Waals surface area contributed by atoms with E-state index in [0.29, 0.717) is 48.3 Å². The number of hydrogen-bond acceptors (Lipinski definition) is 7. The summed E-state index contributed by atoms with van der Waals surface area (Å²) >= 11 is 6.23. The minimum absolute atomic E-state index is 0.172. The molecule has 4 aromatic rings. The second-order valence-corrected chi connectivity index (χ2v) is 8.21. The Morgan fingerprint density at radius 3 is 2.47 bits per heavy atom. The molecule has 9 nitrogen and oxygen atoms in total. The van der Waals surface area contributed by atoms with Gasteiger partial charge in [0.15, 0.2) is 0 Å². The Bertz CT molecular complexity index is 1420. The van der Waals surface area contributed by atoms with Crippen molar-refractivity contribution < 1.29 is 14.3 Å². The Morgan fingerprint density at radius 2 is 1.76 bits per heavy atom. The van der Waals surface area contributed by atoms with Crippen LogP contribution in [-0.4, -0.2) is 52.2 Å². The minimum atomic E-state index is -0.884. The Morgan fingerprint density at radius 1 is 1.03 bits per heavy atom. The van der Waals surface area contributed by atoms with Gasteiger partial charge in [-0.3, -0.25) is 4.79 Å². The van der Waals surface area contributed by atoms with Crippen molar-refractivity contribution >= 4 is 46.1 Å². The summed E-state index contributed by atoms with van der Waals surface area (Å²) in [5.41, 5.74) is 2.63. The van der Waals surface area contributed by atoms with Crippen LogP contribution in [0.25, 0.3) is 22.2 Å². The summed E-state index contributed by atoms with van der Waals surface area (Å²) in [7, 11) is 0. The van der Waals surface area contributed by atoms with Crippen LogP contribution >= 0.6 is 11.6 Å². The average molecular weight is 478 g/mol. The fraction of sp³-hybridized carbons (Fsp3) is 0.167. The van der Waals surface area contributed by atoms with Crippen molar-refractivity contribution in [2.75, 3.05) is 36.4 Å². The number of carboxylic acid groups (broad SMARTS) is 1. The fourth-order valence-corrected chi connectivity index (χ4v) is 4.13. The smallest absolute Gasteiger partial charge is 0.407 e. The van der Waals surface area contributed by atoms with Gasteiger partial charge >= 0.3 is 6.09 Å². The number of benzene rings is 2. The van der Waals surface area contributed by atoms with E-state index in [2.05, 4.69) is 20.2 Å². The lowest BCUT2D eigenvalue weighted by molar-refractivity contribution is 0.142. The summed E-state index contributed by atoms with van der Waals surface area (Å²) in [6.45, 7) is 2.23. The predicted octanol–water partition coefficient (Wildman–Crippen LogP) is 4.45. The first-order valence-corrected chi connectivity index (χ1v) is 11.0. The van der Waals surface area contributed by atoms with Gasteiger partial charge in [-0.05, 0) is 30.3 Å². The van der Waals surface area contributed by atoms with Crippen molar-refractivity contribution in [3.63, 3.8) is 0 Å². The molecule has 1 aliphatic rings. The third-order valence-corrected chi connectivity index (χ3v) is 6.06. The molecule has 3 heterocycles. The predicted molar refractivity (Wildman–Crippen MR) is 130 cm³/mol. The monoisotopic (exact) mass is 477 g/mol. The molecule has 1 aliphatic heterocycles. The van der Waals surface area contributed by atoms with Crippen LogP contribution in [0, 0.1) is 0 Å². The number of nitrogens with zero attached hydrogens (tertiary/aromatic N) is 4. The van der Waals surface area contributed by atoms with Gasteiger partial charge in [-0.25, -0.2) is 9.78 Å². The van der Waals surface area contributed by atoms with E-state index < -0.39 is 6.09 Å². The number of aromatic nitrogens is 2. The van der Waals surface area contributed by atoms with Crippen LogP contribution in [0.2, 0.25) is 5.02 Å². The van der Waals surface area contributed by atoms with Crippen LogP contribution in [0.1, 0.15) is 0 Å². The highest BCUT2D eigenvalue weighted by Gasteiger charge is 2.20. The Kier molecular flexibility index (Phi) is 5.77. The van der Waals surface area contributed by atoms with Crippen LogP contribution in [0.4, 0.5) is 22.1 Å². The molecule has 2 aromatic carbocycles. The summed E-state index contributed by atoms with van der Waals surface area (Å²) in [5, 5.41) is 12.9. The van der Waals surface area contributed by atoms with E-state index >= 15 is 0 Å².